The van der Waals surface area contributed by atoms with Crippen LogP contribution in [0.15, 0.2) is 0 Å². The molecule has 1 rings (SSSR count). The minimum absolute atomic E-state index is 0.0189. The largest absolute Gasteiger partial charge is 0.355 e. The molecule has 0 saturated heterocycles. The summed E-state index contributed by atoms with van der Waals surface area (Å²) in [6.07, 6.45) is 6.89. The van der Waals surface area contributed by atoms with Gasteiger partial charge in [0.15, 0.2) is 0 Å². The van der Waals surface area contributed by atoms with Crippen molar-refractivity contribution in [2.75, 3.05) is 13.1 Å². The second kappa shape index (κ2) is 8.08. The van der Waals surface area contributed by atoms with Crippen LogP contribution in [0.25, 0.3) is 0 Å². The van der Waals surface area contributed by atoms with E-state index in [2.05, 4.69) is 10.6 Å². The smallest absolute Gasteiger partial charge is 0.239 e. The number of nitrogens with one attached hydrogen (secondary N) is 2. The van der Waals surface area contributed by atoms with Crippen LogP contribution in [0.5, 0.6) is 0 Å². The fourth-order valence-corrected chi connectivity index (χ4v) is 2.45. The number of rotatable bonds is 6. The third-order valence-electron chi connectivity index (χ3n) is 3.45. The number of carbonyl (C=O) groups is 2. The molecule has 1 fully saturated rings. The first-order valence-corrected chi connectivity index (χ1v) is 6.93. The molecule has 4 N–H and O–H groups in total. The van der Waals surface area contributed by atoms with Crippen molar-refractivity contribution in [1.82, 2.24) is 10.6 Å². The van der Waals surface area contributed by atoms with Crippen molar-refractivity contribution < 1.29 is 9.59 Å². The van der Waals surface area contributed by atoms with Gasteiger partial charge in [0.2, 0.25) is 11.8 Å². The Bertz CT molecular complexity index is 275. The topological polar surface area (TPSA) is 84.2 Å². The van der Waals surface area contributed by atoms with Crippen molar-refractivity contribution in [1.29, 1.82) is 0 Å². The molecule has 0 spiro atoms. The van der Waals surface area contributed by atoms with E-state index in [0.717, 1.165) is 6.42 Å². The van der Waals surface area contributed by atoms with E-state index in [9.17, 15) is 9.59 Å². The molecule has 2 amide bonds. The van der Waals surface area contributed by atoms with E-state index in [-0.39, 0.29) is 18.4 Å². The lowest BCUT2D eigenvalue weighted by molar-refractivity contribution is -0.127. The van der Waals surface area contributed by atoms with Crippen LogP contribution in [0.1, 0.15) is 45.4 Å². The molecule has 1 aliphatic carbocycles. The van der Waals surface area contributed by atoms with E-state index in [1.807, 2.05) is 6.92 Å². The summed E-state index contributed by atoms with van der Waals surface area (Å²) in [5.74, 6) is 0.187. The molecule has 0 aromatic heterocycles. The van der Waals surface area contributed by atoms with E-state index in [1.165, 1.54) is 32.1 Å². The monoisotopic (exact) mass is 255 g/mol. The number of amides is 2. The lowest BCUT2D eigenvalue weighted by Crippen LogP contribution is -2.45. The zero-order valence-electron chi connectivity index (χ0n) is 11.2. The second-order valence-electron chi connectivity index (χ2n) is 5.02. The van der Waals surface area contributed by atoms with Gasteiger partial charge in [0.1, 0.15) is 0 Å². The average Bonchev–Trinajstić information content (AvgIpc) is 2.37. The van der Waals surface area contributed by atoms with Gasteiger partial charge >= 0.3 is 0 Å². The molecule has 18 heavy (non-hydrogen) atoms. The van der Waals surface area contributed by atoms with Gasteiger partial charge in [-0.25, -0.2) is 0 Å². The summed E-state index contributed by atoms with van der Waals surface area (Å²) in [5, 5.41) is 5.21. The Kier molecular flexibility index (Phi) is 6.72. The van der Waals surface area contributed by atoms with Crippen LogP contribution >= 0.6 is 0 Å². The van der Waals surface area contributed by atoms with Crippen LogP contribution in [-0.2, 0) is 9.59 Å². The van der Waals surface area contributed by atoms with Gasteiger partial charge < -0.3 is 16.4 Å². The van der Waals surface area contributed by atoms with Gasteiger partial charge in [-0.15, -0.1) is 0 Å². The summed E-state index contributed by atoms with van der Waals surface area (Å²) in [6.45, 7) is 2.43. The van der Waals surface area contributed by atoms with Gasteiger partial charge in [-0.1, -0.05) is 32.1 Å². The Hall–Kier alpha value is -1.10. The molecule has 1 aliphatic rings. The van der Waals surface area contributed by atoms with Crippen molar-refractivity contribution in [3.8, 4) is 0 Å². The van der Waals surface area contributed by atoms with Crippen molar-refractivity contribution in [3.05, 3.63) is 0 Å². The molecule has 0 aromatic carbocycles. The third-order valence-corrected chi connectivity index (χ3v) is 3.45. The third kappa shape index (κ3) is 5.49. The zero-order chi connectivity index (χ0) is 13.4. The lowest BCUT2D eigenvalue weighted by Gasteiger charge is -2.24. The predicted octanol–water partition coefficient (Wildman–Crippen LogP) is 0.536. The van der Waals surface area contributed by atoms with Crippen LogP contribution in [0.2, 0.25) is 0 Å². The van der Waals surface area contributed by atoms with Gasteiger partial charge in [0, 0.05) is 6.54 Å². The van der Waals surface area contributed by atoms with Gasteiger partial charge in [-0.2, -0.15) is 0 Å². The minimum Gasteiger partial charge on any atom is -0.355 e. The maximum atomic E-state index is 11.7. The Morgan fingerprint density at radius 3 is 2.50 bits per heavy atom. The highest BCUT2D eigenvalue weighted by molar-refractivity contribution is 5.87. The maximum Gasteiger partial charge on any atom is 0.239 e. The maximum absolute atomic E-state index is 11.7. The van der Waals surface area contributed by atoms with Crippen LogP contribution in [0.3, 0.4) is 0 Å². The molecule has 0 radical (unpaired) electrons. The van der Waals surface area contributed by atoms with Crippen LogP contribution in [-0.4, -0.2) is 30.9 Å². The van der Waals surface area contributed by atoms with Crippen molar-refractivity contribution in [2.24, 2.45) is 11.7 Å². The highest BCUT2D eigenvalue weighted by Gasteiger charge is 2.21. The Balaban J connectivity index is 2.21. The fourth-order valence-electron chi connectivity index (χ4n) is 2.45. The molecule has 5 nitrogen and oxygen atoms in total. The SMILES string of the molecule is CCNC(=O)CNC(=O)C(N)CC1CCCCC1. The Labute approximate surface area is 109 Å². The Morgan fingerprint density at radius 1 is 1.22 bits per heavy atom. The van der Waals surface area contributed by atoms with Gasteiger partial charge in [-0.3, -0.25) is 9.59 Å². The lowest BCUT2D eigenvalue weighted by atomic mass is 9.85. The van der Waals surface area contributed by atoms with E-state index in [0.29, 0.717) is 12.5 Å². The van der Waals surface area contributed by atoms with Gasteiger partial charge in [0.05, 0.1) is 12.6 Å². The van der Waals surface area contributed by atoms with Crippen LogP contribution < -0.4 is 16.4 Å². The molecule has 5 heteroatoms. The quantitative estimate of drug-likeness (QED) is 0.647. The molecule has 1 saturated carbocycles. The fraction of sp³-hybridized carbons (Fsp3) is 0.846. The van der Waals surface area contributed by atoms with Crippen molar-refractivity contribution in [2.45, 2.75) is 51.5 Å². The van der Waals surface area contributed by atoms with E-state index in [1.54, 1.807) is 0 Å². The number of nitrogens with two attached hydrogens (primary N) is 1. The summed E-state index contributed by atoms with van der Waals surface area (Å²) in [6, 6.07) is -0.484. The van der Waals surface area contributed by atoms with E-state index >= 15 is 0 Å². The van der Waals surface area contributed by atoms with Crippen molar-refractivity contribution in [3.63, 3.8) is 0 Å². The number of carbonyl (C=O) groups excluding carboxylic acids is 2. The molecule has 0 heterocycles. The molecule has 1 unspecified atom stereocenters. The summed E-state index contributed by atoms with van der Waals surface area (Å²) < 4.78 is 0. The zero-order valence-corrected chi connectivity index (χ0v) is 11.2. The number of hydrogen-bond acceptors (Lipinski definition) is 3. The number of hydrogen-bond donors (Lipinski definition) is 3. The van der Waals surface area contributed by atoms with Gasteiger partial charge in [-0.05, 0) is 19.3 Å². The average molecular weight is 255 g/mol. The standard InChI is InChI=1S/C13H25N3O2/c1-2-15-12(17)9-16-13(18)11(14)8-10-6-4-3-5-7-10/h10-11H,2-9,14H2,1H3,(H,15,17)(H,16,18). The molecular formula is C13H25N3O2. The first kappa shape index (κ1) is 15.0. The predicted molar refractivity (Wildman–Crippen MR) is 70.9 cm³/mol. The normalized spacial score (nSPS) is 18.1. The summed E-state index contributed by atoms with van der Waals surface area (Å²) in [7, 11) is 0. The molecule has 0 aromatic rings. The van der Waals surface area contributed by atoms with Crippen LogP contribution in [0, 0.1) is 5.92 Å². The molecule has 104 valence electrons. The van der Waals surface area contributed by atoms with Crippen LogP contribution in [0.4, 0.5) is 0 Å². The van der Waals surface area contributed by atoms with E-state index in [4.69, 9.17) is 5.73 Å². The van der Waals surface area contributed by atoms with Crippen molar-refractivity contribution >= 4 is 11.8 Å². The van der Waals surface area contributed by atoms with Gasteiger partial charge in [0.25, 0.3) is 0 Å². The molecule has 0 aliphatic heterocycles. The minimum atomic E-state index is -0.484. The first-order valence-electron chi connectivity index (χ1n) is 6.93. The summed E-state index contributed by atoms with van der Waals surface area (Å²) in [5.41, 5.74) is 5.86. The Morgan fingerprint density at radius 2 is 1.89 bits per heavy atom. The molecule has 1 atom stereocenters. The summed E-state index contributed by atoms with van der Waals surface area (Å²) in [4.78, 5) is 22.9. The second-order valence-corrected chi connectivity index (χ2v) is 5.02. The molecule has 0 bridgehead atoms. The van der Waals surface area contributed by atoms with E-state index < -0.39 is 6.04 Å². The highest BCUT2D eigenvalue weighted by atomic mass is 16.2. The number of likely N-dealkylation sites (N-methyl/N-ethyl adjacent to an activating group) is 1. The highest BCUT2D eigenvalue weighted by Crippen LogP contribution is 2.26. The summed E-state index contributed by atoms with van der Waals surface area (Å²) >= 11 is 0. The first-order chi connectivity index (χ1) is 8.63. The molecular weight excluding hydrogens is 230 g/mol.